The predicted octanol–water partition coefficient (Wildman–Crippen LogP) is 2.44. The van der Waals surface area contributed by atoms with Crippen LogP contribution in [0.1, 0.15) is 27.7 Å². The fourth-order valence-corrected chi connectivity index (χ4v) is 3.89. The number of aryl methyl sites for hydroxylation is 1. The first-order valence-electron chi connectivity index (χ1n) is 8.59. The van der Waals surface area contributed by atoms with Crippen LogP contribution in [0, 0.1) is 12.7 Å². The summed E-state index contributed by atoms with van der Waals surface area (Å²) < 4.78 is 23.4. The minimum atomic E-state index is -0.276. The maximum Gasteiger partial charge on any atom is 0.256 e. The Labute approximate surface area is 156 Å². The average molecular weight is 378 g/mol. The molecule has 140 valence electrons. The van der Waals surface area contributed by atoms with Gasteiger partial charge in [0, 0.05) is 26.7 Å². The van der Waals surface area contributed by atoms with Gasteiger partial charge in [-0.15, -0.1) is 0 Å². The Bertz CT molecular complexity index is 761. The molecule has 3 rings (SSSR count). The molecule has 0 bridgehead atoms. The molecule has 1 aromatic carbocycles. The molecule has 0 unspecified atom stereocenters. The Morgan fingerprint density at radius 2 is 2.19 bits per heavy atom. The molecule has 0 spiro atoms. The summed E-state index contributed by atoms with van der Waals surface area (Å²) in [5.41, 5.74) is 2.12. The summed E-state index contributed by atoms with van der Waals surface area (Å²) in [6.07, 6.45) is 0. The number of benzene rings is 1. The fraction of sp³-hybridized carbons (Fsp3) is 0.444. The number of nitrogens with one attached hydrogen (secondary N) is 2. The molecule has 0 saturated carbocycles. The monoisotopic (exact) mass is 378 g/mol. The van der Waals surface area contributed by atoms with Crippen molar-refractivity contribution in [1.29, 1.82) is 0 Å². The van der Waals surface area contributed by atoms with Crippen LogP contribution in [0.25, 0.3) is 0 Å². The predicted molar refractivity (Wildman–Crippen MR) is 100 cm³/mol. The number of carbonyl (C=O) groups is 1. The highest BCUT2D eigenvalue weighted by Gasteiger charge is 2.25. The molecule has 2 heterocycles. The van der Waals surface area contributed by atoms with Gasteiger partial charge < -0.3 is 15.4 Å². The van der Waals surface area contributed by atoms with Crippen molar-refractivity contribution < 1.29 is 13.9 Å². The van der Waals surface area contributed by atoms with Gasteiger partial charge in [-0.25, -0.2) is 4.39 Å². The van der Waals surface area contributed by atoms with Crippen LogP contribution in [0.15, 0.2) is 24.3 Å². The van der Waals surface area contributed by atoms with Crippen molar-refractivity contribution in [2.75, 3.05) is 45.2 Å². The highest BCUT2D eigenvalue weighted by molar-refractivity contribution is 7.10. The average Bonchev–Trinajstić information content (AvgIpc) is 3.03. The summed E-state index contributed by atoms with van der Waals surface area (Å²) in [7, 11) is 1.77. The van der Waals surface area contributed by atoms with Crippen molar-refractivity contribution >= 4 is 22.4 Å². The van der Waals surface area contributed by atoms with Crippen LogP contribution in [0.3, 0.4) is 0 Å². The van der Waals surface area contributed by atoms with Gasteiger partial charge in [-0.05, 0) is 36.2 Å². The smallest absolute Gasteiger partial charge is 0.256 e. The summed E-state index contributed by atoms with van der Waals surface area (Å²) in [6.45, 7) is 4.98. The highest BCUT2D eigenvalue weighted by Crippen LogP contribution is 2.25. The van der Waals surface area contributed by atoms with Crippen LogP contribution in [0.4, 0.5) is 9.39 Å². The molecule has 1 atom stereocenters. The molecule has 2 aromatic rings. The third-order valence-corrected chi connectivity index (χ3v) is 5.45. The molecule has 0 aliphatic carbocycles. The first-order valence-corrected chi connectivity index (χ1v) is 9.37. The van der Waals surface area contributed by atoms with Gasteiger partial charge in [0.05, 0.1) is 30.5 Å². The molecule has 2 N–H and O–H groups in total. The standard InChI is InChI=1S/C18H23FN4O2S/c1-12-16(18(20-2)26-22-12)17(24)21-11-15(23-6-8-25-9-7-23)13-4-3-5-14(19)10-13/h3-5,10,15,20H,6-9,11H2,1-2H3,(H,21,24)/t15-/m1/s1. The SMILES string of the molecule is CNc1snc(C)c1C(=O)NC[C@H](c1cccc(F)c1)N1CCOCC1. The van der Waals surface area contributed by atoms with Crippen LogP contribution < -0.4 is 10.6 Å². The highest BCUT2D eigenvalue weighted by atomic mass is 32.1. The molecule has 1 aromatic heterocycles. The zero-order valence-corrected chi connectivity index (χ0v) is 15.7. The molecule has 1 saturated heterocycles. The number of aromatic nitrogens is 1. The lowest BCUT2D eigenvalue weighted by Crippen LogP contribution is -2.44. The quantitative estimate of drug-likeness (QED) is 0.808. The Kier molecular flexibility index (Phi) is 6.18. The van der Waals surface area contributed by atoms with Gasteiger partial charge in [0.2, 0.25) is 0 Å². The van der Waals surface area contributed by atoms with Crippen molar-refractivity contribution in [3.63, 3.8) is 0 Å². The van der Waals surface area contributed by atoms with E-state index in [0.29, 0.717) is 31.0 Å². The number of nitrogens with zero attached hydrogens (tertiary/aromatic N) is 2. The van der Waals surface area contributed by atoms with Gasteiger partial charge in [0.1, 0.15) is 10.8 Å². The van der Waals surface area contributed by atoms with Crippen molar-refractivity contribution in [2.45, 2.75) is 13.0 Å². The number of halogens is 1. The molecule has 6 nitrogen and oxygen atoms in total. The van der Waals surface area contributed by atoms with E-state index >= 15 is 0 Å². The van der Waals surface area contributed by atoms with Gasteiger partial charge >= 0.3 is 0 Å². The first kappa shape index (κ1) is 18.8. The Hall–Kier alpha value is -2.03. The lowest BCUT2D eigenvalue weighted by Gasteiger charge is -2.35. The lowest BCUT2D eigenvalue weighted by molar-refractivity contribution is 0.0162. The molecule has 1 fully saturated rings. The van der Waals surface area contributed by atoms with Gasteiger partial charge in [-0.1, -0.05) is 12.1 Å². The minimum Gasteiger partial charge on any atom is -0.379 e. The van der Waals surface area contributed by atoms with E-state index in [4.69, 9.17) is 4.74 Å². The number of hydrogen-bond donors (Lipinski definition) is 2. The normalized spacial score (nSPS) is 16.3. The van der Waals surface area contributed by atoms with Crippen molar-refractivity contribution in [1.82, 2.24) is 14.6 Å². The zero-order valence-electron chi connectivity index (χ0n) is 14.9. The van der Waals surface area contributed by atoms with E-state index in [9.17, 15) is 9.18 Å². The van der Waals surface area contributed by atoms with Gasteiger partial charge in [-0.3, -0.25) is 9.69 Å². The first-order chi connectivity index (χ1) is 12.6. The number of carbonyl (C=O) groups excluding carboxylic acids is 1. The second kappa shape index (κ2) is 8.57. The number of hydrogen-bond acceptors (Lipinski definition) is 6. The second-order valence-corrected chi connectivity index (χ2v) is 6.92. The van der Waals surface area contributed by atoms with Crippen molar-refractivity contribution in [2.24, 2.45) is 0 Å². The van der Waals surface area contributed by atoms with Gasteiger partial charge in [0.15, 0.2) is 0 Å². The molecule has 0 radical (unpaired) electrons. The van der Waals surface area contributed by atoms with Crippen molar-refractivity contribution in [3.8, 4) is 0 Å². The maximum absolute atomic E-state index is 13.7. The third-order valence-electron chi connectivity index (χ3n) is 4.49. The molecular weight excluding hydrogens is 355 g/mol. The molecule has 1 aliphatic heterocycles. The summed E-state index contributed by atoms with van der Waals surface area (Å²) >= 11 is 1.27. The van der Waals surface area contributed by atoms with E-state index < -0.39 is 0 Å². The van der Waals surface area contributed by atoms with E-state index in [2.05, 4.69) is 19.9 Å². The molecule has 8 heteroatoms. The topological polar surface area (TPSA) is 66.5 Å². The molecule has 1 amide bonds. The van der Waals surface area contributed by atoms with E-state index in [1.807, 2.05) is 13.0 Å². The van der Waals surface area contributed by atoms with Crippen LogP contribution >= 0.6 is 11.5 Å². The minimum absolute atomic E-state index is 0.108. The number of rotatable bonds is 6. The number of amides is 1. The largest absolute Gasteiger partial charge is 0.379 e. The number of anilines is 1. The third kappa shape index (κ3) is 4.20. The van der Waals surface area contributed by atoms with E-state index in [-0.39, 0.29) is 17.8 Å². The van der Waals surface area contributed by atoms with Crippen LogP contribution in [-0.2, 0) is 4.74 Å². The summed E-state index contributed by atoms with van der Waals surface area (Å²) in [5.74, 6) is -0.447. The Balaban J connectivity index is 1.77. The molecular formula is C18H23FN4O2S. The Morgan fingerprint density at radius 1 is 1.42 bits per heavy atom. The number of morpholine rings is 1. The summed E-state index contributed by atoms with van der Waals surface area (Å²) in [6, 6.07) is 6.45. The van der Waals surface area contributed by atoms with Gasteiger partial charge in [-0.2, -0.15) is 4.37 Å². The maximum atomic E-state index is 13.7. The van der Waals surface area contributed by atoms with E-state index in [1.165, 1.54) is 23.7 Å². The second-order valence-electron chi connectivity index (χ2n) is 6.15. The van der Waals surface area contributed by atoms with E-state index in [1.54, 1.807) is 13.1 Å². The molecule has 26 heavy (non-hydrogen) atoms. The van der Waals surface area contributed by atoms with Crippen LogP contribution in [0.5, 0.6) is 0 Å². The van der Waals surface area contributed by atoms with Crippen molar-refractivity contribution in [3.05, 3.63) is 46.9 Å². The molecule has 1 aliphatic rings. The van der Waals surface area contributed by atoms with Crippen LogP contribution in [0.2, 0.25) is 0 Å². The summed E-state index contributed by atoms with van der Waals surface area (Å²) in [5, 5.41) is 6.75. The van der Waals surface area contributed by atoms with Gasteiger partial charge in [0.25, 0.3) is 5.91 Å². The zero-order chi connectivity index (χ0) is 18.5. The Morgan fingerprint density at radius 3 is 2.88 bits per heavy atom. The number of ether oxygens (including phenoxy) is 1. The fourth-order valence-electron chi connectivity index (χ4n) is 3.15. The lowest BCUT2D eigenvalue weighted by atomic mass is 10.0. The van der Waals surface area contributed by atoms with E-state index in [0.717, 1.165) is 23.7 Å². The van der Waals surface area contributed by atoms with Crippen LogP contribution in [-0.4, -0.2) is 55.1 Å². The summed E-state index contributed by atoms with van der Waals surface area (Å²) in [4.78, 5) is 14.9.